The van der Waals surface area contributed by atoms with Crippen molar-refractivity contribution in [1.82, 2.24) is 29.7 Å². The highest BCUT2D eigenvalue weighted by Gasteiger charge is 2.27. The molecule has 3 aromatic heterocycles. The summed E-state index contributed by atoms with van der Waals surface area (Å²) in [5.41, 5.74) is 4.46. The number of fused-ring (bicyclic) bond motifs is 1. The van der Waals surface area contributed by atoms with Crippen LogP contribution in [0.5, 0.6) is 0 Å². The molecule has 170 valence electrons. The molecule has 0 atom stereocenters. The molecular weight excluding hydrogens is 432 g/mol. The van der Waals surface area contributed by atoms with Crippen molar-refractivity contribution in [2.75, 3.05) is 10.6 Å². The number of carbonyl (C=O) groups is 2. The minimum absolute atomic E-state index is 0.0585. The maximum Gasteiger partial charge on any atom is 0.254 e. The largest absolute Gasteiger partial charge is 0.367 e. The third kappa shape index (κ3) is 3.68. The number of rotatable bonds is 6. The van der Waals surface area contributed by atoms with E-state index < -0.39 is 0 Å². The Morgan fingerprint density at radius 1 is 1.15 bits per heavy atom. The Kier molecular flexibility index (Phi) is 4.65. The zero-order chi connectivity index (χ0) is 23.2. The van der Waals surface area contributed by atoms with Crippen molar-refractivity contribution >= 4 is 40.9 Å². The quantitative estimate of drug-likeness (QED) is 0.303. The number of aromatic nitrogens is 5. The molecule has 0 spiro atoms. The van der Waals surface area contributed by atoms with Gasteiger partial charge in [-0.3, -0.25) is 14.9 Å². The predicted molar refractivity (Wildman–Crippen MR) is 127 cm³/mol. The Labute approximate surface area is 194 Å². The monoisotopic (exact) mass is 454 g/mol. The van der Waals surface area contributed by atoms with Crippen LogP contribution in [0.25, 0.3) is 17.4 Å². The molecule has 34 heavy (non-hydrogen) atoms. The first kappa shape index (κ1) is 20.2. The van der Waals surface area contributed by atoms with Crippen LogP contribution in [-0.4, -0.2) is 42.2 Å². The summed E-state index contributed by atoms with van der Waals surface area (Å²) >= 11 is 0. The van der Waals surface area contributed by atoms with Gasteiger partial charge in [-0.05, 0) is 56.2 Å². The van der Waals surface area contributed by atoms with Gasteiger partial charge in [-0.15, -0.1) is 0 Å². The summed E-state index contributed by atoms with van der Waals surface area (Å²) in [6.07, 6.45) is 9.28. The van der Waals surface area contributed by atoms with E-state index in [1.54, 1.807) is 27.7 Å². The van der Waals surface area contributed by atoms with Gasteiger partial charge >= 0.3 is 0 Å². The Morgan fingerprint density at radius 2 is 1.97 bits per heavy atom. The highest BCUT2D eigenvalue weighted by molar-refractivity contribution is 6.15. The molecule has 3 N–H and O–H groups in total. The average molecular weight is 454 g/mol. The van der Waals surface area contributed by atoms with Crippen molar-refractivity contribution in [3.63, 3.8) is 0 Å². The van der Waals surface area contributed by atoms with E-state index in [1.165, 1.54) is 0 Å². The number of amides is 2. The van der Waals surface area contributed by atoms with Gasteiger partial charge in [0, 0.05) is 40.8 Å². The fourth-order valence-electron chi connectivity index (χ4n) is 3.97. The van der Waals surface area contributed by atoms with E-state index in [4.69, 9.17) is 4.98 Å². The number of hydrogen-bond acceptors (Lipinski definition) is 7. The Balaban J connectivity index is 1.39. The molecule has 4 heterocycles. The molecule has 10 nitrogen and oxygen atoms in total. The van der Waals surface area contributed by atoms with Crippen molar-refractivity contribution in [3.8, 4) is 5.69 Å². The normalized spacial score (nSPS) is 16.9. The first-order chi connectivity index (χ1) is 16.5. The molecule has 0 radical (unpaired) electrons. The first-order valence-electron chi connectivity index (χ1n) is 11.1. The average Bonchev–Trinajstić information content (AvgIpc) is 3.18. The smallest absolute Gasteiger partial charge is 0.254 e. The first-order valence-corrected chi connectivity index (χ1v) is 11.1. The summed E-state index contributed by atoms with van der Waals surface area (Å²) in [7, 11) is 0. The lowest BCUT2D eigenvalue weighted by atomic mass is 10.1. The molecule has 4 aromatic rings. The summed E-state index contributed by atoms with van der Waals surface area (Å²) in [4.78, 5) is 28.5. The third-order valence-corrected chi connectivity index (χ3v) is 5.95. The van der Waals surface area contributed by atoms with Gasteiger partial charge in [-0.25, -0.2) is 9.67 Å². The number of carbonyl (C=O) groups excluding carboxylic acids is 2. The lowest BCUT2D eigenvalue weighted by molar-refractivity contribution is -0.124. The Morgan fingerprint density at radius 3 is 2.65 bits per heavy atom. The van der Waals surface area contributed by atoms with Crippen LogP contribution in [0, 0.1) is 6.92 Å². The van der Waals surface area contributed by atoms with Gasteiger partial charge in [-0.1, -0.05) is 0 Å². The highest BCUT2D eigenvalue weighted by atomic mass is 16.2. The molecule has 6 rings (SSSR count). The van der Waals surface area contributed by atoms with Gasteiger partial charge in [-0.2, -0.15) is 14.7 Å². The number of imide groups is 1. The van der Waals surface area contributed by atoms with Crippen LogP contribution in [0.4, 0.5) is 17.3 Å². The summed E-state index contributed by atoms with van der Waals surface area (Å²) in [6.45, 7) is 2.00. The number of benzene rings is 1. The lowest BCUT2D eigenvalue weighted by Crippen LogP contribution is -2.19. The van der Waals surface area contributed by atoms with Crippen LogP contribution in [0.15, 0.2) is 54.5 Å². The van der Waals surface area contributed by atoms with Gasteiger partial charge < -0.3 is 10.6 Å². The van der Waals surface area contributed by atoms with Gasteiger partial charge in [0.25, 0.3) is 5.91 Å². The zero-order valence-electron chi connectivity index (χ0n) is 18.4. The molecule has 2 amide bonds. The molecule has 1 aliphatic carbocycles. The number of anilines is 3. The van der Waals surface area contributed by atoms with Crippen molar-refractivity contribution in [3.05, 3.63) is 65.6 Å². The second kappa shape index (κ2) is 7.84. The van der Waals surface area contributed by atoms with Crippen LogP contribution < -0.4 is 16.0 Å². The number of nitrogens with zero attached hydrogens (tertiary/aromatic N) is 5. The van der Waals surface area contributed by atoms with Crippen LogP contribution in [0.3, 0.4) is 0 Å². The molecule has 1 saturated carbocycles. The lowest BCUT2D eigenvalue weighted by Gasteiger charge is -2.16. The molecule has 0 bridgehead atoms. The van der Waals surface area contributed by atoms with Crippen molar-refractivity contribution in [2.45, 2.75) is 32.2 Å². The van der Waals surface area contributed by atoms with Crippen molar-refractivity contribution in [1.29, 1.82) is 0 Å². The predicted octanol–water partition coefficient (Wildman–Crippen LogP) is 2.97. The fourth-order valence-corrected chi connectivity index (χ4v) is 3.97. The van der Waals surface area contributed by atoms with E-state index in [9.17, 15) is 9.59 Å². The summed E-state index contributed by atoms with van der Waals surface area (Å²) in [5.74, 6) is 0.881. The molecule has 0 unspecified atom stereocenters. The molecule has 2 aliphatic rings. The molecular formula is C24H22N8O2. The van der Waals surface area contributed by atoms with Crippen LogP contribution in [0.2, 0.25) is 0 Å². The van der Waals surface area contributed by atoms with E-state index >= 15 is 0 Å². The summed E-state index contributed by atoms with van der Waals surface area (Å²) in [5, 5.41) is 18.1. The van der Waals surface area contributed by atoms with Crippen LogP contribution in [-0.2, 0) is 9.59 Å². The molecule has 1 aliphatic heterocycles. The van der Waals surface area contributed by atoms with Crippen molar-refractivity contribution in [2.24, 2.45) is 0 Å². The van der Waals surface area contributed by atoms with E-state index in [0.29, 0.717) is 28.6 Å². The third-order valence-electron chi connectivity index (χ3n) is 5.95. The second-order valence-electron chi connectivity index (χ2n) is 8.53. The maximum atomic E-state index is 12.1. The van der Waals surface area contributed by atoms with E-state index in [1.807, 2.05) is 43.5 Å². The van der Waals surface area contributed by atoms with E-state index in [-0.39, 0.29) is 18.2 Å². The number of hydrogen-bond donors (Lipinski definition) is 3. The van der Waals surface area contributed by atoms with Gasteiger partial charge in [0.1, 0.15) is 11.6 Å². The van der Waals surface area contributed by atoms with Gasteiger partial charge in [0.15, 0.2) is 5.65 Å². The number of nitrogens with one attached hydrogen (secondary N) is 3. The molecule has 1 saturated heterocycles. The second-order valence-corrected chi connectivity index (χ2v) is 8.53. The van der Waals surface area contributed by atoms with E-state index in [0.717, 1.165) is 35.6 Å². The fraction of sp³-hybridized carbons (Fsp3) is 0.208. The Hall–Kier alpha value is -4.47. The van der Waals surface area contributed by atoms with Crippen LogP contribution >= 0.6 is 0 Å². The summed E-state index contributed by atoms with van der Waals surface area (Å²) < 4.78 is 3.56. The molecule has 2 fully saturated rings. The zero-order valence-corrected chi connectivity index (χ0v) is 18.4. The topological polar surface area (TPSA) is 118 Å². The minimum atomic E-state index is -0.372. The van der Waals surface area contributed by atoms with Gasteiger partial charge in [0.2, 0.25) is 5.91 Å². The standard InChI is InChI=1S/C24H22N8O2/c1-14-21(27-17-5-7-19(8-6-17)31-10-2-9-25-31)30-23-16(11-15-12-20(33)29-24(15)34)13-26-32(23)22(14)28-18-3-4-18/h2,5-11,13,18,28H,3-4,12H2,1H3,(H,27,30)(H,29,33,34)/b15-11-. The molecule has 10 heteroatoms. The van der Waals surface area contributed by atoms with Crippen LogP contribution in [0.1, 0.15) is 30.4 Å². The Bertz CT molecular complexity index is 1450. The SMILES string of the molecule is Cc1c(Nc2ccc(-n3cccn3)cc2)nc2c(/C=C3/CC(=O)NC3=O)cnn2c1NC1CC1. The van der Waals surface area contributed by atoms with Gasteiger partial charge in [0.05, 0.1) is 18.3 Å². The highest BCUT2D eigenvalue weighted by Crippen LogP contribution is 2.32. The summed E-state index contributed by atoms with van der Waals surface area (Å²) in [6, 6.07) is 10.2. The maximum absolute atomic E-state index is 12.1. The minimum Gasteiger partial charge on any atom is -0.367 e. The molecule has 1 aromatic carbocycles. The van der Waals surface area contributed by atoms with E-state index in [2.05, 4.69) is 26.1 Å². The van der Waals surface area contributed by atoms with Crippen molar-refractivity contribution < 1.29 is 9.59 Å².